The largest absolute Gasteiger partial charge is 0.359 e. The third-order valence-corrected chi connectivity index (χ3v) is 3.56. The summed E-state index contributed by atoms with van der Waals surface area (Å²) in [5.41, 5.74) is 0.885. The highest BCUT2D eigenvalue weighted by Gasteiger charge is 2.02. The number of hydrogen-bond acceptors (Lipinski definition) is 2. The van der Waals surface area contributed by atoms with Gasteiger partial charge in [0.1, 0.15) is 5.82 Å². The van der Waals surface area contributed by atoms with E-state index in [2.05, 4.69) is 37.2 Å². The van der Waals surface area contributed by atoms with Crippen LogP contribution in [0.4, 0.5) is 10.1 Å². The quantitative estimate of drug-likeness (QED) is 0.569. The Morgan fingerprint density at radius 2 is 1.70 bits per heavy atom. The molecule has 0 bridgehead atoms. The Labute approximate surface area is 133 Å². The van der Waals surface area contributed by atoms with Crippen molar-refractivity contribution in [2.75, 3.05) is 5.32 Å². The predicted octanol–water partition coefficient (Wildman–Crippen LogP) is 5.16. The zero-order valence-electron chi connectivity index (χ0n) is 10.2. The summed E-state index contributed by atoms with van der Waals surface area (Å²) < 4.78 is 15.1. The minimum atomic E-state index is -0.389. The number of carbonyl (C=O) groups is 1. The Kier molecular flexibility index (Phi) is 5.09. The Bertz CT molecular complexity index is 653. The molecular weight excluding hydrogens is 389 g/mol. The van der Waals surface area contributed by atoms with Gasteiger partial charge in [0, 0.05) is 26.8 Å². The van der Waals surface area contributed by atoms with E-state index < -0.39 is 0 Å². The summed E-state index contributed by atoms with van der Waals surface area (Å²) in [4.78, 5) is 11.8. The Morgan fingerprint density at radius 3 is 2.35 bits per heavy atom. The first-order valence-electron chi connectivity index (χ1n) is 5.74. The van der Waals surface area contributed by atoms with Crippen LogP contribution in [-0.2, 0) is 0 Å². The normalized spacial score (nSPS) is 10.8. The number of halogens is 3. The second kappa shape index (κ2) is 6.81. The minimum absolute atomic E-state index is 0.150. The molecule has 20 heavy (non-hydrogen) atoms. The van der Waals surface area contributed by atoms with Gasteiger partial charge in [-0.05, 0) is 42.5 Å². The van der Waals surface area contributed by atoms with Crippen LogP contribution in [0.15, 0.2) is 63.7 Å². The fourth-order valence-electron chi connectivity index (χ4n) is 1.52. The molecule has 0 aliphatic heterocycles. The molecule has 102 valence electrons. The van der Waals surface area contributed by atoms with E-state index >= 15 is 0 Å². The lowest BCUT2D eigenvalue weighted by Crippen LogP contribution is -1.97. The second-order valence-electron chi connectivity index (χ2n) is 3.97. The summed E-state index contributed by atoms with van der Waals surface area (Å²) in [5.74, 6) is -0.539. The van der Waals surface area contributed by atoms with E-state index in [1.54, 1.807) is 36.4 Å². The van der Waals surface area contributed by atoms with Gasteiger partial charge in [-0.3, -0.25) is 4.79 Å². The topological polar surface area (TPSA) is 29.1 Å². The molecule has 1 N–H and O–H groups in total. The van der Waals surface area contributed by atoms with Gasteiger partial charge in [0.25, 0.3) is 0 Å². The van der Waals surface area contributed by atoms with Crippen molar-refractivity contribution in [2.45, 2.75) is 0 Å². The molecule has 0 aliphatic carbocycles. The summed E-state index contributed by atoms with van der Waals surface area (Å²) in [5, 5.41) is 2.75. The van der Waals surface area contributed by atoms with Gasteiger partial charge in [0.05, 0.1) is 5.69 Å². The highest BCUT2D eigenvalue weighted by atomic mass is 79.9. The minimum Gasteiger partial charge on any atom is -0.359 e. The van der Waals surface area contributed by atoms with Crippen molar-refractivity contribution in [1.29, 1.82) is 0 Å². The van der Waals surface area contributed by atoms with Crippen LogP contribution in [0.1, 0.15) is 10.4 Å². The Morgan fingerprint density at radius 1 is 1.05 bits per heavy atom. The van der Waals surface area contributed by atoms with E-state index in [0.717, 1.165) is 4.47 Å². The van der Waals surface area contributed by atoms with Gasteiger partial charge in [0.15, 0.2) is 5.78 Å². The molecule has 5 heteroatoms. The van der Waals surface area contributed by atoms with Crippen molar-refractivity contribution in [3.05, 3.63) is 75.1 Å². The van der Waals surface area contributed by atoms with Crippen molar-refractivity contribution in [1.82, 2.24) is 0 Å². The van der Waals surface area contributed by atoms with E-state index in [1.165, 1.54) is 18.3 Å². The zero-order valence-corrected chi connectivity index (χ0v) is 13.4. The monoisotopic (exact) mass is 397 g/mol. The smallest absolute Gasteiger partial charge is 0.187 e. The van der Waals surface area contributed by atoms with Crippen LogP contribution >= 0.6 is 31.9 Å². The molecule has 0 saturated carbocycles. The average Bonchev–Trinajstić information content (AvgIpc) is 2.42. The van der Waals surface area contributed by atoms with Crippen LogP contribution in [-0.4, -0.2) is 5.78 Å². The van der Waals surface area contributed by atoms with E-state index in [-0.39, 0.29) is 11.6 Å². The molecule has 2 rings (SSSR count). The van der Waals surface area contributed by atoms with Crippen LogP contribution in [0.3, 0.4) is 0 Å². The van der Waals surface area contributed by atoms with Gasteiger partial charge in [-0.15, -0.1) is 0 Å². The lowest BCUT2D eigenvalue weighted by Gasteiger charge is -2.02. The van der Waals surface area contributed by atoms with Crippen molar-refractivity contribution < 1.29 is 9.18 Å². The molecule has 2 aromatic rings. The van der Waals surface area contributed by atoms with Crippen LogP contribution < -0.4 is 5.32 Å². The molecule has 0 unspecified atom stereocenters. The number of carbonyl (C=O) groups excluding carboxylic acids is 1. The number of rotatable bonds is 4. The van der Waals surface area contributed by atoms with Crippen LogP contribution in [0.25, 0.3) is 0 Å². The van der Waals surface area contributed by atoms with Gasteiger partial charge < -0.3 is 5.32 Å². The van der Waals surface area contributed by atoms with E-state index in [4.69, 9.17) is 0 Å². The molecule has 0 aromatic heterocycles. The summed E-state index contributed by atoms with van der Waals surface area (Å²) in [6.07, 6.45) is 2.79. The molecule has 0 amide bonds. The van der Waals surface area contributed by atoms with Gasteiger partial charge in [-0.1, -0.05) is 31.9 Å². The Hall–Kier alpha value is -1.46. The molecule has 0 aliphatic rings. The molecule has 0 spiro atoms. The summed E-state index contributed by atoms with van der Waals surface area (Å²) in [6, 6.07) is 11.7. The summed E-state index contributed by atoms with van der Waals surface area (Å²) in [6.45, 7) is 0. The molecule has 0 saturated heterocycles. The maximum absolute atomic E-state index is 13.5. The third kappa shape index (κ3) is 4.02. The SMILES string of the molecule is O=C(C=CNc1ccc(Br)cc1F)c1ccc(Br)cc1. The number of allylic oxidation sites excluding steroid dienone is 1. The highest BCUT2D eigenvalue weighted by molar-refractivity contribution is 9.10. The molecule has 0 atom stereocenters. The number of ketones is 1. The predicted molar refractivity (Wildman–Crippen MR) is 85.3 cm³/mol. The third-order valence-electron chi connectivity index (χ3n) is 2.53. The van der Waals surface area contributed by atoms with Crippen LogP contribution in [0.5, 0.6) is 0 Å². The fraction of sp³-hybridized carbons (Fsp3) is 0. The van der Waals surface area contributed by atoms with Crippen LogP contribution in [0, 0.1) is 5.82 Å². The molecular formula is C15H10Br2FNO. The number of anilines is 1. The average molecular weight is 399 g/mol. The maximum Gasteiger partial charge on any atom is 0.187 e. The maximum atomic E-state index is 13.5. The standard InChI is InChI=1S/C15H10Br2FNO/c16-11-3-1-10(2-4-11)15(20)7-8-19-14-6-5-12(17)9-13(14)18/h1-9,19H. The first-order valence-corrected chi connectivity index (χ1v) is 7.33. The van der Waals surface area contributed by atoms with Crippen molar-refractivity contribution in [2.24, 2.45) is 0 Å². The van der Waals surface area contributed by atoms with Gasteiger partial charge in [0.2, 0.25) is 0 Å². The number of nitrogens with one attached hydrogen (secondary N) is 1. The van der Waals surface area contributed by atoms with Gasteiger partial charge in [-0.25, -0.2) is 4.39 Å². The molecule has 2 aromatic carbocycles. The van der Waals surface area contributed by atoms with Gasteiger partial charge in [-0.2, -0.15) is 0 Å². The van der Waals surface area contributed by atoms with E-state index in [1.807, 2.05) is 0 Å². The van der Waals surface area contributed by atoms with Crippen LogP contribution in [0.2, 0.25) is 0 Å². The number of benzene rings is 2. The van der Waals surface area contributed by atoms with Crippen molar-refractivity contribution in [3.8, 4) is 0 Å². The molecule has 0 heterocycles. The Balaban J connectivity index is 2.02. The molecule has 0 fully saturated rings. The fourth-order valence-corrected chi connectivity index (χ4v) is 2.12. The highest BCUT2D eigenvalue weighted by Crippen LogP contribution is 2.19. The lowest BCUT2D eigenvalue weighted by atomic mass is 10.1. The van der Waals surface area contributed by atoms with Gasteiger partial charge >= 0.3 is 0 Å². The van der Waals surface area contributed by atoms with E-state index in [0.29, 0.717) is 15.7 Å². The number of hydrogen-bond donors (Lipinski definition) is 1. The van der Waals surface area contributed by atoms with Crippen molar-refractivity contribution in [3.63, 3.8) is 0 Å². The second-order valence-corrected chi connectivity index (χ2v) is 5.80. The van der Waals surface area contributed by atoms with Crippen molar-refractivity contribution >= 4 is 43.3 Å². The van der Waals surface area contributed by atoms with E-state index in [9.17, 15) is 9.18 Å². The zero-order chi connectivity index (χ0) is 14.5. The first kappa shape index (κ1) is 14.9. The lowest BCUT2D eigenvalue weighted by molar-refractivity contribution is 0.104. The molecule has 0 radical (unpaired) electrons. The summed E-state index contributed by atoms with van der Waals surface area (Å²) in [7, 11) is 0. The first-order chi connectivity index (χ1) is 9.56. The summed E-state index contributed by atoms with van der Waals surface area (Å²) >= 11 is 6.48. The molecule has 2 nitrogen and oxygen atoms in total.